The topological polar surface area (TPSA) is 56.8 Å². The molecule has 0 bridgehead atoms. The average molecular weight is 245 g/mol. The van der Waals surface area contributed by atoms with E-state index in [-0.39, 0.29) is 17.6 Å². The number of nitrogens with one attached hydrogen (secondary N) is 1. The molecular formula is C12H23NO4. The summed E-state index contributed by atoms with van der Waals surface area (Å²) in [7, 11) is 4.78. The first-order valence-corrected chi connectivity index (χ1v) is 5.97. The van der Waals surface area contributed by atoms with Gasteiger partial charge < -0.3 is 19.5 Å². The third kappa shape index (κ3) is 3.66. The molecule has 1 atom stereocenters. The zero-order valence-electron chi connectivity index (χ0n) is 11.1. The third-order valence-corrected chi connectivity index (χ3v) is 3.44. The minimum Gasteiger partial charge on any atom is -0.378 e. The molecule has 0 aromatic rings. The number of hydrogen-bond donors (Lipinski definition) is 1. The predicted molar refractivity (Wildman–Crippen MR) is 63.6 cm³/mol. The summed E-state index contributed by atoms with van der Waals surface area (Å²) in [4.78, 5) is 11.9. The van der Waals surface area contributed by atoms with Gasteiger partial charge in [-0.25, -0.2) is 0 Å². The van der Waals surface area contributed by atoms with Crippen molar-refractivity contribution in [1.82, 2.24) is 5.32 Å². The lowest BCUT2D eigenvalue weighted by Crippen LogP contribution is -2.48. The molecule has 0 radical (unpaired) electrons. The van der Waals surface area contributed by atoms with Crippen LogP contribution in [0.1, 0.15) is 32.6 Å². The molecule has 1 saturated carbocycles. The molecule has 1 aliphatic carbocycles. The van der Waals surface area contributed by atoms with Crippen LogP contribution in [0, 0.1) is 0 Å². The lowest BCUT2D eigenvalue weighted by molar-refractivity contribution is -0.144. The minimum atomic E-state index is -0.418. The summed E-state index contributed by atoms with van der Waals surface area (Å²) in [5.74, 6) is -0.0156. The molecule has 5 nitrogen and oxygen atoms in total. The molecule has 0 heterocycles. The molecule has 5 heteroatoms. The Kier molecular flexibility index (Phi) is 5.36. The van der Waals surface area contributed by atoms with Crippen LogP contribution in [0.4, 0.5) is 0 Å². The molecule has 17 heavy (non-hydrogen) atoms. The first kappa shape index (κ1) is 14.4. The zero-order valence-corrected chi connectivity index (χ0v) is 11.1. The number of ether oxygens (including phenoxy) is 3. The van der Waals surface area contributed by atoms with Gasteiger partial charge in [-0.1, -0.05) is 0 Å². The first-order valence-electron chi connectivity index (χ1n) is 5.97. The largest absolute Gasteiger partial charge is 0.378 e. The highest BCUT2D eigenvalue weighted by atomic mass is 16.7. The first-order chi connectivity index (χ1) is 8.06. The van der Waals surface area contributed by atoms with E-state index in [0.717, 1.165) is 19.3 Å². The van der Waals surface area contributed by atoms with Gasteiger partial charge in [0.05, 0.1) is 18.1 Å². The molecule has 0 aromatic carbocycles. The molecule has 1 unspecified atom stereocenters. The standard InChI is InChI=1S/C12H23NO4/c1-9(11(15-2)16-3)13-10(14)8-12(17-4)6-5-7-12/h9,11H,5-8H2,1-4H3,(H,13,14). The van der Waals surface area contributed by atoms with Crippen molar-refractivity contribution in [2.24, 2.45) is 0 Å². The normalized spacial score (nSPS) is 19.8. The molecular weight excluding hydrogens is 222 g/mol. The highest BCUT2D eigenvalue weighted by molar-refractivity contribution is 5.77. The summed E-state index contributed by atoms with van der Waals surface area (Å²) in [6.45, 7) is 1.86. The van der Waals surface area contributed by atoms with Gasteiger partial charge in [-0.2, -0.15) is 0 Å². The second-order valence-electron chi connectivity index (χ2n) is 4.61. The van der Waals surface area contributed by atoms with E-state index in [1.165, 1.54) is 0 Å². The number of methoxy groups -OCH3 is 3. The molecule has 0 aromatic heterocycles. The molecule has 0 aliphatic heterocycles. The van der Waals surface area contributed by atoms with Crippen molar-refractivity contribution in [1.29, 1.82) is 0 Å². The summed E-state index contributed by atoms with van der Waals surface area (Å²) in [6, 6.07) is -0.175. The Morgan fingerprint density at radius 1 is 1.29 bits per heavy atom. The smallest absolute Gasteiger partial charge is 0.223 e. The summed E-state index contributed by atoms with van der Waals surface area (Å²) in [5.41, 5.74) is -0.237. The van der Waals surface area contributed by atoms with Gasteiger partial charge in [-0.15, -0.1) is 0 Å². The number of carbonyl (C=O) groups is 1. The molecule has 1 amide bonds. The number of amides is 1. The van der Waals surface area contributed by atoms with Crippen LogP contribution in [-0.2, 0) is 19.0 Å². The Balaban J connectivity index is 2.38. The molecule has 1 rings (SSSR count). The van der Waals surface area contributed by atoms with Crippen molar-refractivity contribution in [3.8, 4) is 0 Å². The minimum absolute atomic E-state index is 0.0156. The molecule has 1 aliphatic rings. The Labute approximate surface area is 103 Å². The van der Waals surface area contributed by atoms with Crippen LogP contribution in [0.5, 0.6) is 0 Å². The fourth-order valence-corrected chi connectivity index (χ4v) is 2.19. The van der Waals surface area contributed by atoms with Crippen LogP contribution in [0.2, 0.25) is 0 Å². The van der Waals surface area contributed by atoms with Gasteiger partial charge in [0.2, 0.25) is 5.91 Å². The van der Waals surface area contributed by atoms with Crippen molar-refractivity contribution in [2.75, 3.05) is 21.3 Å². The molecule has 1 N–H and O–H groups in total. The highest BCUT2D eigenvalue weighted by Crippen LogP contribution is 2.37. The van der Waals surface area contributed by atoms with Gasteiger partial charge in [0.1, 0.15) is 0 Å². The van der Waals surface area contributed by atoms with Crippen LogP contribution < -0.4 is 5.32 Å². The lowest BCUT2D eigenvalue weighted by Gasteiger charge is -2.40. The van der Waals surface area contributed by atoms with E-state index in [4.69, 9.17) is 14.2 Å². The summed E-state index contributed by atoms with van der Waals surface area (Å²) >= 11 is 0. The van der Waals surface area contributed by atoms with E-state index in [9.17, 15) is 4.79 Å². The van der Waals surface area contributed by atoms with E-state index < -0.39 is 6.29 Å². The van der Waals surface area contributed by atoms with E-state index in [1.807, 2.05) is 6.92 Å². The van der Waals surface area contributed by atoms with Crippen LogP contribution in [0.25, 0.3) is 0 Å². The van der Waals surface area contributed by atoms with Gasteiger partial charge in [-0.05, 0) is 26.2 Å². The van der Waals surface area contributed by atoms with Gasteiger partial charge in [0, 0.05) is 21.3 Å². The highest BCUT2D eigenvalue weighted by Gasteiger charge is 2.39. The predicted octanol–water partition coefficient (Wildman–Crippen LogP) is 1.07. The zero-order chi connectivity index (χ0) is 12.9. The summed E-state index contributed by atoms with van der Waals surface area (Å²) in [6.07, 6.45) is 3.05. The maximum atomic E-state index is 11.9. The number of carbonyl (C=O) groups excluding carboxylic acids is 1. The maximum Gasteiger partial charge on any atom is 0.223 e. The van der Waals surface area contributed by atoms with Gasteiger partial charge >= 0.3 is 0 Å². The van der Waals surface area contributed by atoms with Crippen LogP contribution in [-0.4, -0.2) is 45.2 Å². The van der Waals surface area contributed by atoms with E-state index >= 15 is 0 Å². The SMILES string of the molecule is COC(OC)C(C)NC(=O)CC1(OC)CCC1. The Hall–Kier alpha value is -0.650. The van der Waals surface area contributed by atoms with Crippen molar-refractivity contribution < 1.29 is 19.0 Å². The number of rotatable bonds is 7. The van der Waals surface area contributed by atoms with Gasteiger partial charge in [0.15, 0.2) is 6.29 Å². The quantitative estimate of drug-likeness (QED) is 0.682. The lowest BCUT2D eigenvalue weighted by atomic mass is 9.77. The summed E-state index contributed by atoms with van der Waals surface area (Å²) in [5, 5.41) is 2.87. The second kappa shape index (κ2) is 6.33. The molecule has 100 valence electrons. The maximum absolute atomic E-state index is 11.9. The number of hydrogen-bond acceptors (Lipinski definition) is 4. The Bertz CT molecular complexity index is 243. The van der Waals surface area contributed by atoms with Crippen LogP contribution in [0.15, 0.2) is 0 Å². The Morgan fingerprint density at radius 3 is 2.24 bits per heavy atom. The van der Waals surface area contributed by atoms with E-state index in [0.29, 0.717) is 6.42 Å². The third-order valence-electron chi connectivity index (χ3n) is 3.44. The van der Waals surface area contributed by atoms with Crippen molar-refractivity contribution >= 4 is 5.91 Å². The van der Waals surface area contributed by atoms with Crippen molar-refractivity contribution in [3.05, 3.63) is 0 Å². The van der Waals surface area contributed by atoms with Crippen molar-refractivity contribution in [2.45, 2.75) is 50.5 Å². The van der Waals surface area contributed by atoms with E-state index in [1.54, 1.807) is 21.3 Å². The Morgan fingerprint density at radius 2 is 1.88 bits per heavy atom. The second-order valence-corrected chi connectivity index (χ2v) is 4.61. The fourth-order valence-electron chi connectivity index (χ4n) is 2.19. The van der Waals surface area contributed by atoms with Crippen molar-refractivity contribution in [3.63, 3.8) is 0 Å². The average Bonchev–Trinajstić information content (AvgIpc) is 2.25. The monoisotopic (exact) mass is 245 g/mol. The van der Waals surface area contributed by atoms with Crippen LogP contribution >= 0.6 is 0 Å². The molecule has 0 spiro atoms. The molecule has 1 fully saturated rings. The van der Waals surface area contributed by atoms with Crippen LogP contribution in [0.3, 0.4) is 0 Å². The van der Waals surface area contributed by atoms with E-state index in [2.05, 4.69) is 5.32 Å². The molecule has 0 saturated heterocycles. The fraction of sp³-hybridized carbons (Fsp3) is 0.917. The van der Waals surface area contributed by atoms with Gasteiger partial charge in [0.25, 0.3) is 0 Å². The van der Waals surface area contributed by atoms with Gasteiger partial charge in [-0.3, -0.25) is 4.79 Å². The summed E-state index contributed by atoms with van der Waals surface area (Å²) < 4.78 is 15.6.